The molecule has 2 rings (SSSR count). The van der Waals surface area contributed by atoms with Crippen LogP contribution in [-0.2, 0) is 12.7 Å². The van der Waals surface area contributed by atoms with E-state index in [1.807, 2.05) is 7.05 Å². The molecule has 1 aromatic carbocycles. The van der Waals surface area contributed by atoms with E-state index in [9.17, 15) is 13.2 Å². The van der Waals surface area contributed by atoms with E-state index >= 15 is 0 Å². The van der Waals surface area contributed by atoms with Crippen molar-refractivity contribution in [2.24, 2.45) is 0 Å². The maximum Gasteiger partial charge on any atom is 0.416 e. The second kappa shape index (κ2) is 4.07. The Morgan fingerprint density at radius 1 is 1.25 bits per heavy atom. The molecule has 1 aromatic heterocycles. The number of halogens is 3. The Bertz CT molecular complexity index is 501. The van der Waals surface area contributed by atoms with Gasteiger partial charge in [-0.25, -0.2) is 0 Å². The third kappa shape index (κ3) is 2.20. The van der Waals surface area contributed by atoms with Gasteiger partial charge in [-0.05, 0) is 36.7 Å². The molecule has 0 radical (unpaired) electrons. The Hall–Kier alpha value is -1.07. The lowest BCUT2D eigenvalue weighted by molar-refractivity contribution is -0.137. The maximum absolute atomic E-state index is 12.5. The minimum absolute atomic E-state index is 0.589. The zero-order chi connectivity index (χ0) is 11.8. The number of nitrogens with one attached hydrogen (secondary N) is 1. The molecule has 0 aliphatic heterocycles. The third-order valence-corrected chi connectivity index (χ3v) is 3.36. The molecule has 0 saturated heterocycles. The minimum Gasteiger partial charge on any atom is -0.315 e. The zero-order valence-corrected chi connectivity index (χ0v) is 9.38. The standard InChI is InChI=1S/C11H10F3NS/c1-15-6-9-5-7-4-8(11(12,13)14)2-3-10(7)16-9/h2-5,15H,6H2,1H3. The minimum atomic E-state index is -4.26. The molecule has 0 fully saturated rings. The van der Waals surface area contributed by atoms with Crippen LogP contribution < -0.4 is 5.32 Å². The average Bonchev–Trinajstić information content (AvgIpc) is 2.57. The van der Waals surface area contributed by atoms with Gasteiger partial charge in [-0.2, -0.15) is 13.2 Å². The summed E-state index contributed by atoms with van der Waals surface area (Å²) in [5.74, 6) is 0. The van der Waals surface area contributed by atoms with Crippen molar-refractivity contribution in [2.45, 2.75) is 12.7 Å². The predicted molar refractivity (Wildman–Crippen MR) is 59.6 cm³/mol. The van der Waals surface area contributed by atoms with Crippen molar-refractivity contribution in [1.82, 2.24) is 5.32 Å². The van der Waals surface area contributed by atoms with Gasteiger partial charge in [0.1, 0.15) is 0 Å². The molecular weight excluding hydrogens is 235 g/mol. The average molecular weight is 245 g/mol. The van der Waals surface area contributed by atoms with Crippen molar-refractivity contribution in [1.29, 1.82) is 0 Å². The number of hydrogen-bond donors (Lipinski definition) is 1. The van der Waals surface area contributed by atoms with Crippen LogP contribution in [0.15, 0.2) is 24.3 Å². The summed E-state index contributed by atoms with van der Waals surface area (Å²) in [5.41, 5.74) is -0.589. The molecular formula is C11H10F3NS. The van der Waals surface area contributed by atoms with E-state index in [0.717, 1.165) is 15.6 Å². The molecule has 16 heavy (non-hydrogen) atoms. The number of alkyl halides is 3. The van der Waals surface area contributed by atoms with E-state index in [0.29, 0.717) is 11.9 Å². The largest absolute Gasteiger partial charge is 0.416 e. The van der Waals surface area contributed by atoms with Gasteiger partial charge in [-0.1, -0.05) is 0 Å². The van der Waals surface area contributed by atoms with Crippen LogP contribution in [0, 0.1) is 0 Å². The number of rotatable bonds is 2. The van der Waals surface area contributed by atoms with Crippen molar-refractivity contribution < 1.29 is 13.2 Å². The Balaban J connectivity index is 2.46. The fraction of sp³-hybridized carbons (Fsp3) is 0.273. The van der Waals surface area contributed by atoms with E-state index in [2.05, 4.69) is 5.32 Å². The molecule has 0 amide bonds. The van der Waals surface area contributed by atoms with E-state index < -0.39 is 11.7 Å². The fourth-order valence-corrected chi connectivity index (χ4v) is 2.59. The van der Waals surface area contributed by atoms with Crippen LogP contribution in [0.25, 0.3) is 10.1 Å². The topological polar surface area (TPSA) is 12.0 Å². The van der Waals surface area contributed by atoms with Gasteiger partial charge >= 0.3 is 6.18 Å². The highest BCUT2D eigenvalue weighted by molar-refractivity contribution is 7.19. The van der Waals surface area contributed by atoms with Gasteiger partial charge in [0, 0.05) is 16.1 Å². The first kappa shape index (κ1) is 11.4. The molecule has 1 nitrogen and oxygen atoms in total. The van der Waals surface area contributed by atoms with Crippen molar-refractivity contribution in [3.8, 4) is 0 Å². The van der Waals surface area contributed by atoms with Crippen LogP contribution in [0.2, 0.25) is 0 Å². The molecule has 0 unspecified atom stereocenters. The van der Waals surface area contributed by atoms with Gasteiger partial charge in [0.2, 0.25) is 0 Å². The SMILES string of the molecule is CNCc1cc2cc(C(F)(F)F)ccc2s1. The van der Waals surface area contributed by atoms with Crippen LogP contribution in [0.4, 0.5) is 13.2 Å². The van der Waals surface area contributed by atoms with E-state index in [4.69, 9.17) is 0 Å². The van der Waals surface area contributed by atoms with Gasteiger partial charge < -0.3 is 5.32 Å². The maximum atomic E-state index is 12.5. The molecule has 1 N–H and O–H groups in total. The Labute approximate surface area is 94.9 Å². The molecule has 2 aromatic rings. The van der Waals surface area contributed by atoms with Crippen molar-refractivity contribution in [3.05, 3.63) is 34.7 Å². The lowest BCUT2D eigenvalue weighted by Crippen LogP contribution is -2.03. The highest BCUT2D eigenvalue weighted by atomic mass is 32.1. The fourth-order valence-electron chi connectivity index (χ4n) is 1.54. The first-order valence-corrected chi connectivity index (χ1v) is 5.56. The van der Waals surface area contributed by atoms with Crippen LogP contribution >= 0.6 is 11.3 Å². The Kier molecular flexibility index (Phi) is 2.90. The molecule has 0 aliphatic rings. The van der Waals surface area contributed by atoms with E-state index in [1.54, 1.807) is 6.07 Å². The molecule has 1 heterocycles. The number of benzene rings is 1. The Morgan fingerprint density at radius 3 is 2.62 bits per heavy atom. The summed E-state index contributed by atoms with van der Waals surface area (Å²) in [6.45, 7) is 0.681. The van der Waals surface area contributed by atoms with Crippen LogP contribution in [0.3, 0.4) is 0 Å². The Morgan fingerprint density at radius 2 is 2.00 bits per heavy atom. The second-order valence-electron chi connectivity index (χ2n) is 3.49. The number of fused-ring (bicyclic) bond motifs is 1. The van der Waals surface area contributed by atoms with E-state index in [-0.39, 0.29) is 0 Å². The van der Waals surface area contributed by atoms with Crippen LogP contribution in [0.1, 0.15) is 10.4 Å². The number of thiophene rings is 1. The smallest absolute Gasteiger partial charge is 0.315 e. The predicted octanol–water partition coefficient (Wildman–Crippen LogP) is 3.64. The summed E-state index contributed by atoms with van der Waals surface area (Å²) in [6, 6.07) is 5.65. The van der Waals surface area contributed by atoms with Gasteiger partial charge in [0.25, 0.3) is 0 Å². The van der Waals surface area contributed by atoms with Gasteiger partial charge in [0.05, 0.1) is 5.56 Å². The second-order valence-corrected chi connectivity index (χ2v) is 4.66. The van der Waals surface area contributed by atoms with Crippen molar-refractivity contribution in [2.75, 3.05) is 7.05 Å². The lowest BCUT2D eigenvalue weighted by Gasteiger charge is -2.05. The van der Waals surface area contributed by atoms with Crippen LogP contribution in [0.5, 0.6) is 0 Å². The monoisotopic (exact) mass is 245 g/mol. The summed E-state index contributed by atoms with van der Waals surface area (Å²) >= 11 is 1.51. The molecule has 0 saturated carbocycles. The summed E-state index contributed by atoms with van der Waals surface area (Å²) < 4.78 is 38.3. The normalized spacial score (nSPS) is 12.2. The highest BCUT2D eigenvalue weighted by Crippen LogP contribution is 2.34. The summed E-state index contributed by atoms with van der Waals surface area (Å²) in [7, 11) is 1.81. The summed E-state index contributed by atoms with van der Waals surface area (Å²) in [6.07, 6.45) is -4.26. The first-order valence-electron chi connectivity index (χ1n) is 4.75. The van der Waals surface area contributed by atoms with Gasteiger partial charge in [-0.3, -0.25) is 0 Å². The van der Waals surface area contributed by atoms with E-state index in [1.165, 1.54) is 23.5 Å². The van der Waals surface area contributed by atoms with Gasteiger partial charge in [-0.15, -0.1) is 11.3 Å². The molecule has 0 aliphatic carbocycles. The van der Waals surface area contributed by atoms with Crippen molar-refractivity contribution in [3.63, 3.8) is 0 Å². The molecule has 86 valence electrons. The summed E-state index contributed by atoms with van der Waals surface area (Å²) in [5, 5.41) is 3.64. The molecule has 0 atom stereocenters. The zero-order valence-electron chi connectivity index (χ0n) is 8.56. The molecule has 0 spiro atoms. The van der Waals surface area contributed by atoms with Gasteiger partial charge in [0.15, 0.2) is 0 Å². The van der Waals surface area contributed by atoms with Crippen molar-refractivity contribution >= 4 is 21.4 Å². The molecule has 0 bridgehead atoms. The highest BCUT2D eigenvalue weighted by Gasteiger charge is 2.30. The quantitative estimate of drug-likeness (QED) is 0.851. The van der Waals surface area contributed by atoms with Crippen LogP contribution in [-0.4, -0.2) is 7.05 Å². The first-order chi connectivity index (χ1) is 7.50. The number of hydrogen-bond acceptors (Lipinski definition) is 2. The third-order valence-electron chi connectivity index (χ3n) is 2.25. The lowest BCUT2D eigenvalue weighted by atomic mass is 10.1. The summed E-state index contributed by atoms with van der Waals surface area (Å²) in [4.78, 5) is 1.04. The molecule has 5 heteroatoms.